The van der Waals surface area contributed by atoms with Crippen LogP contribution in [0.4, 0.5) is 0 Å². The number of rotatable bonds is 14. The minimum absolute atomic E-state index is 0.204. The number of hydrogen-bond acceptors (Lipinski definition) is 4. The number of sulfonamides is 1. The zero-order chi connectivity index (χ0) is 18.0. The molecule has 1 saturated heterocycles. The van der Waals surface area contributed by atoms with E-state index >= 15 is 0 Å². The summed E-state index contributed by atoms with van der Waals surface area (Å²) >= 11 is 0. The molecule has 0 saturated carbocycles. The lowest BCUT2D eigenvalue weighted by atomic mass is 10.1. The second-order valence-corrected chi connectivity index (χ2v) is 9.95. The normalized spacial score (nSPS) is 16.9. The van der Waals surface area contributed by atoms with Gasteiger partial charge in [-0.3, -0.25) is 0 Å². The average Bonchev–Trinajstić information content (AvgIpc) is 2.43. The van der Waals surface area contributed by atoms with Gasteiger partial charge in [0.1, 0.15) is 5.25 Å². The fourth-order valence-electron chi connectivity index (χ4n) is 3.06. The summed E-state index contributed by atoms with van der Waals surface area (Å²) in [6.45, 7) is 12.8. The molecule has 24 heavy (non-hydrogen) atoms. The lowest BCUT2D eigenvalue weighted by Crippen LogP contribution is -2.58. The molecular weight excluding hydrogens is 322 g/mol. The van der Waals surface area contributed by atoms with Crippen LogP contribution in [0.3, 0.4) is 0 Å². The first-order chi connectivity index (χ1) is 11.3. The van der Waals surface area contributed by atoms with Crippen molar-refractivity contribution >= 4 is 10.0 Å². The summed E-state index contributed by atoms with van der Waals surface area (Å²) in [5.74, 6) is 0.600. The molecule has 0 unspecified atom stereocenters. The molecule has 0 bridgehead atoms. The van der Waals surface area contributed by atoms with Crippen LogP contribution in [0, 0.1) is 5.92 Å². The van der Waals surface area contributed by atoms with E-state index in [1.54, 1.807) is 0 Å². The van der Waals surface area contributed by atoms with E-state index in [-0.39, 0.29) is 5.25 Å². The summed E-state index contributed by atoms with van der Waals surface area (Å²) in [4.78, 5) is 2.22. The molecule has 0 amide bonds. The van der Waals surface area contributed by atoms with Crippen LogP contribution < -0.4 is 10.0 Å². The standard InChI is InChI=1S/C18H39N3O2S/c1-16(2)13-21-14-18(15-21)24(22,23)20-12-10-8-6-5-7-9-11-19-17(3)4/h16-20H,5-15H2,1-4H3. The Morgan fingerprint density at radius 3 is 2.00 bits per heavy atom. The molecule has 0 aromatic carbocycles. The van der Waals surface area contributed by atoms with E-state index in [1.807, 2.05) is 0 Å². The Morgan fingerprint density at radius 2 is 1.46 bits per heavy atom. The predicted molar refractivity (Wildman–Crippen MR) is 103 cm³/mol. The number of nitrogens with zero attached hydrogens (tertiary/aromatic N) is 1. The molecule has 0 aromatic rings. The van der Waals surface area contributed by atoms with Crippen LogP contribution in [-0.2, 0) is 10.0 Å². The Bertz CT molecular complexity index is 418. The first kappa shape index (κ1) is 21.9. The minimum atomic E-state index is -3.11. The molecule has 1 rings (SSSR count). The molecule has 0 spiro atoms. The van der Waals surface area contributed by atoms with Gasteiger partial charge in [-0.2, -0.15) is 0 Å². The maximum Gasteiger partial charge on any atom is 0.217 e. The van der Waals surface area contributed by atoms with Crippen LogP contribution in [0.2, 0.25) is 0 Å². The Balaban J connectivity index is 1.95. The van der Waals surface area contributed by atoms with E-state index in [9.17, 15) is 8.42 Å². The Kier molecular flexibility index (Phi) is 10.4. The third-order valence-corrected chi connectivity index (χ3v) is 6.23. The fraction of sp³-hybridized carbons (Fsp3) is 1.00. The molecule has 5 nitrogen and oxygen atoms in total. The van der Waals surface area contributed by atoms with Crippen molar-refractivity contribution in [3.05, 3.63) is 0 Å². The quantitative estimate of drug-likeness (QED) is 0.467. The van der Waals surface area contributed by atoms with Gasteiger partial charge in [-0.15, -0.1) is 0 Å². The zero-order valence-corrected chi connectivity index (χ0v) is 17.0. The third kappa shape index (κ3) is 9.35. The lowest BCUT2D eigenvalue weighted by molar-refractivity contribution is 0.164. The Morgan fingerprint density at radius 1 is 0.917 bits per heavy atom. The van der Waals surface area contributed by atoms with Crippen LogP contribution >= 0.6 is 0 Å². The zero-order valence-electron chi connectivity index (χ0n) is 16.2. The van der Waals surface area contributed by atoms with E-state index in [1.165, 1.54) is 25.7 Å². The highest BCUT2D eigenvalue weighted by molar-refractivity contribution is 7.90. The van der Waals surface area contributed by atoms with Crippen LogP contribution in [0.5, 0.6) is 0 Å². The smallest absolute Gasteiger partial charge is 0.217 e. The maximum absolute atomic E-state index is 12.2. The van der Waals surface area contributed by atoms with Crippen molar-refractivity contribution in [2.75, 3.05) is 32.7 Å². The van der Waals surface area contributed by atoms with Gasteiger partial charge in [-0.1, -0.05) is 53.4 Å². The van der Waals surface area contributed by atoms with Gasteiger partial charge >= 0.3 is 0 Å². The third-order valence-electron chi connectivity index (χ3n) is 4.45. The molecule has 2 N–H and O–H groups in total. The van der Waals surface area contributed by atoms with Crippen LogP contribution in [-0.4, -0.2) is 57.3 Å². The summed E-state index contributed by atoms with van der Waals surface area (Å²) in [5.41, 5.74) is 0. The average molecular weight is 362 g/mol. The van der Waals surface area contributed by atoms with Crippen molar-refractivity contribution in [1.82, 2.24) is 14.9 Å². The summed E-state index contributed by atoms with van der Waals surface area (Å²) in [6, 6.07) is 0.575. The summed E-state index contributed by atoms with van der Waals surface area (Å²) in [5, 5.41) is 3.22. The van der Waals surface area contributed by atoms with Gasteiger partial charge in [0.15, 0.2) is 0 Å². The largest absolute Gasteiger partial charge is 0.315 e. The molecule has 0 radical (unpaired) electrons. The van der Waals surface area contributed by atoms with Gasteiger partial charge in [-0.05, 0) is 25.3 Å². The lowest BCUT2D eigenvalue weighted by Gasteiger charge is -2.39. The van der Waals surface area contributed by atoms with Gasteiger partial charge in [0, 0.05) is 32.2 Å². The van der Waals surface area contributed by atoms with Gasteiger partial charge < -0.3 is 10.2 Å². The van der Waals surface area contributed by atoms with Gasteiger partial charge in [0.25, 0.3) is 0 Å². The second kappa shape index (κ2) is 11.4. The van der Waals surface area contributed by atoms with E-state index in [2.05, 4.69) is 42.6 Å². The maximum atomic E-state index is 12.2. The Labute approximate surface area is 150 Å². The van der Waals surface area contributed by atoms with Crippen LogP contribution in [0.15, 0.2) is 0 Å². The molecule has 144 valence electrons. The van der Waals surface area contributed by atoms with Gasteiger partial charge in [0.05, 0.1) is 0 Å². The van der Waals surface area contributed by atoms with Crippen molar-refractivity contribution in [2.24, 2.45) is 5.92 Å². The monoisotopic (exact) mass is 361 g/mol. The molecule has 1 aliphatic rings. The number of nitrogens with one attached hydrogen (secondary N) is 2. The van der Waals surface area contributed by atoms with E-state index in [0.29, 0.717) is 31.6 Å². The Hall–Kier alpha value is -0.170. The van der Waals surface area contributed by atoms with Crippen molar-refractivity contribution < 1.29 is 8.42 Å². The highest BCUT2D eigenvalue weighted by atomic mass is 32.2. The number of hydrogen-bond donors (Lipinski definition) is 2. The molecule has 1 fully saturated rings. The molecule has 1 aliphatic heterocycles. The predicted octanol–water partition coefficient (Wildman–Crippen LogP) is 2.58. The summed E-state index contributed by atoms with van der Waals surface area (Å²) in [6.07, 6.45) is 7.02. The van der Waals surface area contributed by atoms with Crippen LogP contribution in [0.1, 0.15) is 66.2 Å². The van der Waals surface area contributed by atoms with Gasteiger partial charge in [-0.25, -0.2) is 13.1 Å². The van der Waals surface area contributed by atoms with E-state index < -0.39 is 10.0 Å². The summed E-state index contributed by atoms with van der Waals surface area (Å²) < 4.78 is 27.1. The van der Waals surface area contributed by atoms with E-state index in [0.717, 1.165) is 25.9 Å². The molecule has 0 atom stereocenters. The molecule has 6 heteroatoms. The fourth-order valence-corrected chi connectivity index (χ4v) is 4.54. The topological polar surface area (TPSA) is 61.4 Å². The highest BCUT2D eigenvalue weighted by Crippen LogP contribution is 2.17. The molecule has 1 heterocycles. The number of unbranched alkanes of at least 4 members (excludes halogenated alkanes) is 5. The minimum Gasteiger partial charge on any atom is -0.315 e. The van der Waals surface area contributed by atoms with Crippen molar-refractivity contribution in [3.8, 4) is 0 Å². The highest BCUT2D eigenvalue weighted by Gasteiger charge is 2.36. The molecule has 0 aromatic heterocycles. The van der Waals surface area contributed by atoms with Crippen LogP contribution in [0.25, 0.3) is 0 Å². The first-order valence-electron chi connectivity index (χ1n) is 9.75. The van der Waals surface area contributed by atoms with E-state index in [4.69, 9.17) is 0 Å². The second-order valence-electron chi connectivity index (χ2n) is 7.90. The summed E-state index contributed by atoms with van der Waals surface area (Å²) in [7, 11) is -3.11. The number of likely N-dealkylation sites (tertiary alicyclic amines) is 1. The van der Waals surface area contributed by atoms with Gasteiger partial charge in [0.2, 0.25) is 10.0 Å². The van der Waals surface area contributed by atoms with Crippen molar-refractivity contribution in [1.29, 1.82) is 0 Å². The van der Waals surface area contributed by atoms with Crippen molar-refractivity contribution in [2.45, 2.75) is 77.5 Å². The van der Waals surface area contributed by atoms with Crippen molar-refractivity contribution in [3.63, 3.8) is 0 Å². The first-order valence-corrected chi connectivity index (χ1v) is 11.3. The molecular formula is C18H39N3O2S. The SMILES string of the molecule is CC(C)CN1CC(S(=O)(=O)NCCCCCCCCNC(C)C)C1. The molecule has 0 aliphatic carbocycles.